The fourth-order valence-corrected chi connectivity index (χ4v) is 8.13. The summed E-state index contributed by atoms with van der Waals surface area (Å²) >= 11 is 4.54. The van der Waals surface area contributed by atoms with E-state index >= 15 is 0 Å². The molecule has 39 heavy (non-hydrogen) atoms. The van der Waals surface area contributed by atoms with E-state index in [4.69, 9.17) is 4.84 Å². The van der Waals surface area contributed by atoms with Gasteiger partial charge in [0.15, 0.2) is 22.6 Å². The molecule has 0 bridgehead atoms. The summed E-state index contributed by atoms with van der Waals surface area (Å²) in [5, 5.41) is 27.4. The van der Waals surface area contributed by atoms with Gasteiger partial charge < -0.3 is 19.9 Å². The number of hydrogen-bond acceptors (Lipinski definition) is 14. The second-order valence-electron chi connectivity index (χ2n) is 8.29. The van der Waals surface area contributed by atoms with Gasteiger partial charge in [0.25, 0.3) is 0 Å². The Morgan fingerprint density at radius 3 is 2.85 bits per heavy atom. The standard InChI is InChI=1S/C22H21N7O6S4/c1-3-35-26-15(17-24-21(33)39-27-17)14(25-34)13-18(30)29-16(20(31)32)12(9-36-19(13)29)38-22-23-11(8-37-22)10-4-6-28(2)7-5-10/h4-8,13-14,19,25,34H,3,9H2,1-2H3,(H-,24,27,31,32,33)/b26-15-/t13-,14?,19-/m1/s1. The number of β-lactam (4-membered cyclic amide) rings is 1. The van der Waals surface area contributed by atoms with Crippen LogP contribution in [0.5, 0.6) is 0 Å². The van der Waals surface area contributed by atoms with Gasteiger partial charge in [-0.1, -0.05) is 16.9 Å². The molecule has 5 rings (SSSR count). The second kappa shape index (κ2) is 11.6. The zero-order chi connectivity index (χ0) is 27.7. The molecule has 13 nitrogen and oxygen atoms in total. The average Bonchev–Trinajstić information content (AvgIpc) is 3.57. The summed E-state index contributed by atoms with van der Waals surface area (Å²) in [6.07, 6.45) is 3.82. The molecule has 5 heterocycles. The number of aryl methyl sites for hydroxylation is 1. The van der Waals surface area contributed by atoms with E-state index in [0.717, 1.165) is 16.2 Å². The number of pyridine rings is 1. The lowest BCUT2D eigenvalue weighted by atomic mass is 9.86. The molecule has 1 unspecified atom stereocenters. The molecule has 204 valence electrons. The molecule has 3 aromatic rings. The van der Waals surface area contributed by atoms with Crippen LogP contribution < -0.4 is 20.0 Å². The summed E-state index contributed by atoms with van der Waals surface area (Å²) < 4.78 is 6.53. The molecule has 0 aliphatic carbocycles. The molecule has 3 N–H and O–H groups in total. The summed E-state index contributed by atoms with van der Waals surface area (Å²) in [7, 11) is 1.92. The maximum atomic E-state index is 13.4. The number of carboxylic acids is 1. The Balaban J connectivity index is 1.40. The lowest BCUT2D eigenvalue weighted by molar-refractivity contribution is -0.671. The molecule has 2 aliphatic heterocycles. The topological polar surface area (TPSA) is 177 Å². The Bertz CT molecular complexity index is 1520. The molecule has 1 saturated heterocycles. The zero-order valence-corrected chi connectivity index (χ0v) is 23.7. The normalized spacial score (nSPS) is 20.0. The Labute approximate surface area is 237 Å². The Kier molecular flexibility index (Phi) is 8.15. The average molecular weight is 608 g/mol. The summed E-state index contributed by atoms with van der Waals surface area (Å²) in [6.45, 7) is 1.89. The van der Waals surface area contributed by atoms with Crippen LogP contribution >= 0.6 is 46.4 Å². The molecule has 1 amide bonds. The number of rotatable bonds is 10. The molecule has 2 aliphatic rings. The van der Waals surface area contributed by atoms with E-state index < -0.39 is 34.1 Å². The van der Waals surface area contributed by atoms with Gasteiger partial charge in [0, 0.05) is 45.3 Å². The van der Waals surface area contributed by atoms with Crippen LogP contribution in [0.4, 0.5) is 0 Å². The van der Waals surface area contributed by atoms with Crippen LogP contribution in [0.2, 0.25) is 0 Å². The van der Waals surface area contributed by atoms with Crippen molar-refractivity contribution in [1.82, 2.24) is 24.7 Å². The van der Waals surface area contributed by atoms with Gasteiger partial charge in [0.05, 0.1) is 34.7 Å². The van der Waals surface area contributed by atoms with E-state index in [1.54, 1.807) is 6.92 Å². The van der Waals surface area contributed by atoms with E-state index in [1.165, 1.54) is 34.9 Å². The predicted octanol–water partition coefficient (Wildman–Crippen LogP) is 0.153. The number of carbonyl (C=O) groups excluding carboxylic acids is 2. The number of oxime groups is 1. The first-order chi connectivity index (χ1) is 18.8. The molecule has 0 saturated carbocycles. The van der Waals surface area contributed by atoms with Crippen LogP contribution in [-0.4, -0.2) is 65.8 Å². The summed E-state index contributed by atoms with van der Waals surface area (Å²) in [6, 6.07) is 2.75. The van der Waals surface area contributed by atoms with Crippen molar-refractivity contribution in [1.29, 1.82) is 0 Å². The lowest BCUT2D eigenvalue weighted by Gasteiger charge is -2.52. The number of amides is 1. The number of hydrogen-bond donors (Lipinski definition) is 3. The van der Waals surface area contributed by atoms with Crippen molar-refractivity contribution in [3.63, 3.8) is 0 Å². The smallest absolute Gasteiger partial charge is 0.323 e. The van der Waals surface area contributed by atoms with E-state index in [-0.39, 0.29) is 29.6 Å². The number of hydroxylamine groups is 1. The first-order valence-corrected chi connectivity index (χ1v) is 15.0. The Morgan fingerprint density at radius 1 is 1.44 bits per heavy atom. The fraction of sp³-hybridized carbons (Fsp3) is 0.318. The third kappa shape index (κ3) is 5.37. The van der Waals surface area contributed by atoms with Crippen LogP contribution in [0.1, 0.15) is 12.7 Å². The molecule has 1 fully saturated rings. The zero-order valence-electron chi connectivity index (χ0n) is 20.4. The lowest BCUT2D eigenvalue weighted by Crippen LogP contribution is -2.68. The van der Waals surface area contributed by atoms with E-state index in [0.29, 0.717) is 20.8 Å². The summed E-state index contributed by atoms with van der Waals surface area (Å²) in [5.74, 6) is -2.65. The monoisotopic (exact) mass is 607 g/mol. The van der Waals surface area contributed by atoms with Crippen molar-refractivity contribution >= 4 is 64.0 Å². The molecular formula is C22H21N7O6S4. The molecule has 3 aromatic heterocycles. The van der Waals surface area contributed by atoms with Gasteiger partial charge in [-0.25, -0.2) is 9.55 Å². The minimum Gasteiger partial charge on any atom is -0.543 e. The highest BCUT2D eigenvalue weighted by Gasteiger charge is 2.57. The van der Waals surface area contributed by atoms with Gasteiger partial charge in [0.1, 0.15) is 19.4 Å². The van der Waals surface area contributed by atoms with Gasteiger partial charge in [0.2, 0.25) is 5.91 Å². The van der Waals surface area contributed by atoms with Gasteiger partial charge in [-0.3, -0.25) is 19.5 Å². The number of thioether (sulfide) groups is 2. The minimum absolute atomic E-state index is 0.0141. The Hall–Kier alpha value is -3.09. The van der Waals surface area contributed by atoms with Gasteiger partial charge in [-0.05, 0) is 6.92 Å². The number of fused-ring (bicyclic) bond motifs is 1. The van der Waals surface area contributed by atoms with Crippen LogP contribution in [0, 0.1) is 5.92 Å². The second-order valence-corrected chi connectivity index (χ2v) is 12.3. The van der Waals surface area contributed by atoms with E-state index in [2.05, 4.69) is 25.0 Å². The number of thiazole rings is 1. The highest BCUT2D eigenvalue weighted by Crippen LogP contribution is 2.49. The molecular weight excluding hydrogens is 587 g/mol. The van der Waals surface area contributed by atoms with Gasteiger partial charge in [-0.15, -0.1) is 23.1 Å². The largest absolute Gasteiger partial charge is 0.543 e. The fourth-order valence-electron chi connectivity index (χ4n) is 4.11. The van der Waals surface area contributed by atoms with E-state index in [9.17, 15) is 24.7 Å². The molecule has 17 heteroatoms. The molecule has 0 aromatic carbocycles. The number of H-pyrrole nitrogens is 1. The summed E-state index contributed by atoms with van der Waals surface area (Å²) in [5.41, 5.74) is 3.56. The van der Waals surface area contributed by atoms with Gasteiger partial charge in [-0.2, -0.15) is 9.85 Å². The van der Waals surface area contributed by atoms with Crippen molar-refractivity contribution in [3.05, 3.63) is 56.0 Å². The number of nitrogens with one attached hydrogen (secondary N) is 2. The highest BCUT2D eigenvalue weighted by atomic mass is 32.2. The van der Waals surface area contributed by atoms with Crippen molar-refractivity contribution < 1.29 is 29.3 Å². The van der Waals surface area contributed by atoms with Crippen LogP contribution in [0.3, 0.4) is 0 Å². The number of aliphatic carboxylic acids is 1. The van der Waals surface area contributed by atoms with Crippen molar-refractivity contribution in [2.45, 2.75) is 22.7 Å². The number of carbonyl (C=O) groups is 2. The third-order valence-electron chi connectivity index (χ3n) is 5.90. The van der Waals surface area contributed by atoms with Crippen molar-refractivity contribution in [2.24, 2.45) is 18.1 Å². The third-order valence-corrected chi connectivity index (χ3v) is 9.95. The van der Waals surface area contributed by atoms with Crippen LogP contribution in [0.25, 0.3) is 11.3 Å². The quantitative estimate of drug-likeness (QED) is 0.124. The van der Waals surface area contributed by atoms with Crippen molar-refractivity contribution in [3.8, 4) is 11.3 Å². The first-order valence-electron chi connectivity index (χ1n) is 11.5. The maximum Gasteiger partial charge on any atom is 0.323 e. The number of aromatic nitrogens is 4. The first kappa shape index (κ1) is 27.5. The van der Waals surface area contributed by atoms with Crippen LogP contribution in [0.15, 0.2) is 54.8 Å². The Morgan fingerprint density at radius 2 is 2.21 bits per heavy atom. The SMILES string of the molecule is CCO/N=C(\c1nsc(=O)[nH]1)C(NO)[C@@H]1C(=O)N2C(C(=O)[O-])=C(Sc3nc(-c4cc[n+](C)cc4)cs3)CS[C@H]12. The van der Waals surface area contributed by atoms with E-state index in [1.807, 2.05) is 41.5 Å². The van der Waals surface area contributed by atoms with Crippen molar-refractivity contribution in [2.75, 3.05) is 12.4 Å². The number of aromatic amines is 1. The molecule has 0 spiro atoms. The number of nitrogens with zero attached hydrogens (tertiary/aromatic N) is 5. The van der Waals surface area contributed by atoms with Crippen LogP contribution in [-0.2, 0) is 21.5 Å². The molecule has 0 radical (unpaired) electrons. The highest BCUT2D eigenvalue weighted by molar-refractivity contribution is 8.07. The van der Waals surface area contributed by atoms with Gasteiger partial charge >= 0.3 is 4.87 Å². The molecule has 3 atom stereocenters. The maximum absolute atomic E-state index is 13.4. The predicted molar refractivity (Wildman–Crippen MR) is 143 cm³/mol. The minimum atomic E-state index is -1.48. The summed E-state index contributed by atoms with van der Waals surface area (Å²) in [4.78, 5) is 50.7. The number of carboxylic acid groups (broad SMARTS) is 1.